The van der Waals surface area contributed by atoms with Crippen molar-refractivity contribution < 1.29 is 4.79 Å². The lowest BCUT2D eigenvalue weighted by atomic mass is 9.96. The molecule has 2 N–H and O–H groups in total. The Bertz CT molecular complexity index is 742. The smallest absolute Gasteiger partial charge is 0.239 e. The minimum atomic E-state index is -0.481. The lowest BCUT2D eigenvalue weighted by molar-refractivity contribution is -0.133. The van der Waals surface area contributed by atoms with E-state index in [0.717, 1.165) is 56.0 Å². The van der Waals surface area contributed by atoms with E-state index in [-0.39, 0.29) is 11.8 Å². The summed E-state index contributed by atoms with van der Waals surface area (Å²) in [5.74, 6) is 2.48. The fourth-order valence-corrected chi connectivity index (χ4v) is 4.05. The molecule has 132 valence electrons. The zero-order valence-corrected chi connectivity index (χ0v) is 14.5. The van der Waals surface area contributed by atoms with Crippen LogP contribution < -0.4 is 5.73 Å². The van der Waals surface area contributed by atoms with Gasteiger partial charge in [0.25, 0.3) is 0 Å². The normalized spacial score (nSPS) is 21.2. The zero-order chi connectivity index (χ0) is 17.2. The summed E-state index contributed by atoms with van der Waals surface area (Å²) in [6.07, 6.45) is 4.81. The van der Waals surface area contributed by atoms with Gasteiger partial charge in [0, 0.05) is 32.0 Å². The Morgan fingerprint density at radius 2 is 2.04 bits per heavy atom. The molecule has 1 amide bonds. The molecule has 4 rings (SSSR count). The molecule has 0 saturated carbocycles. The van der Waals surface area contributed by atoms with Gasteiger partial charge in [-0.3, -0.25) is 4.79 Å². The number of benzene rings is 1. The number of hydrogen-bond donors (Lipinski definition) is 1. The third-order valence-electron chi connectivity index (χ3n) is 5.35. The van der Waals surface area contributed by atoms with Crippen LogP contribution in [0.25, 0.3) is 0 Å². The summed E-state index contributed by atoms with van der Waals surface area (Å²) in [6, 6.07) is 9.50. The molecule has 0 radical (unpaired) electrons. The highest BCUT2D eigenvalue weighted by atomic mass is 16.2. The first-order valence-corrected chi connectivity index (χ1v) is 9.22. The van der Waals surface area contributed by atoms with E-state index >= 15 is 0 Å². The molecule has 3 heterocycles. The van der Waals surface area contributed by atoms with Crippen molar-refractivity contribution in [2.24, 2.45) is 5.73 Å². The number of carbonyl (C=O) groups is 1. The van der Waals surface area contributed by atoms with Gasteiger partial charge in [-0.15, -0.1) is 10.2 Å². The summed E-state index contributed by atoms with van der Waals surface area (Å²) >= 11 is 0. The quantitative estimate of drug-likeness (QED) is 0.916. The highest BCUT2D eigenvalue weighted by Gasteiger charge is 2.31. The molecule has 1 aromatic carbocycles. The third-order valence-corrected chi connectivity index (χ3v) is 5.35. The predicted octanol–water partition coefficient (Wildman–Crippen LogP) is 1.50. The minimum absolute atomic E-state index is 0.0507. The van der Waals surface area contributed by atoms with Crippen LogP contribution in [0.4, 0.5) is 0 Å². The number of likely N-dealkylation sites (tertiary alicyclic amines) is 1. The van der Waals surface area contributed by atoms with Gasteiger partial charge in [0.05, 0.1) is 6.04 Å². The lowest BCUT2D eigenvalue weighted by Gasteiger charge is -2.34. The maximum absolute atomic E-state index is 12.8. The van der Waals surface area contributed by atoms with Crippen molar-refractivity contribution >= 4 is 5.91 Å². The van der Waals surface area contributed by atoms with E-state index in [4.69, 9.17) is 5.73 Å². The molecule has 1 saturated heterocycles. The lowest BCUT2D eigenvalue weighted by Crippen LogP contribution is -2.48. The summed E-state index contributed by atoms with van der Waals surface area (Å²) < 4.78 is 2.25. The summed E-state index contributed by atoms with van der Waals surface area (Å²) in [5, 5.41) is 8.73. The molecular formula is C19H25N5O. The standard InChI is InChI=1S/C19H25N5O/c20-16(12-14-6-2-1-3-7-14)19(25)23-10-4-8-15(13-23)18-22-21-17-9-5-11-24(17)18/h1-3,6-7,15-16H,4-5,8-13,20H2. The van der Waals surface area contributed by atoms with E-state index in [1.807, 2.05) is 35.2 Å². The maximum Gasteiger partial charge on any atom is 0.239 e. The van der Waals surface area contributed by atoms with E-state index in [0.29, 0.717) is 13.0 Å². The topological polar surface area (TPSA) is 77.0 Å². The van der Waals surface area contributed by atoms with Gasteiger partial charge in [0.1, 0.15) is 11.6 Å². The number of fused-ring (bicyclic) bond motifs is 1. The highest BCUT2D eigenvalue weighted by molar-refractivity contribution is 5.82. The second-order valence-corrected chi connectivity index (χ2v) is 7.15. The van der Waals surface area contributed by atoms with Crippen molar-refractivity contribution in [1.82, 2.24) is 19.7 Å². The van der Waals surface area contributed by atoms with E-state index in [1.165, 1.54) is 0 Å². The van der Waals surface area contributed by atoms with Crippen LogP contribution in [0.5, 0.6) is 0 Å². The van der Waals surface area contributed by atoms with Gasteiger partial charge in [0.15, 0.2) is 0 Å². The van der Waals surface area contributed by atoms with Gasteiger partial charge in [-0.25, -0.2) is 0 Å². The average molecular weight is 339 g/mol. The van der Waals surface area contributed by atoms with Gasteiger partial charge in [0.2, 0.25) is 5.91 Å². The van der Waals surface area contributed by atoms with Gasteiger partial charge >= 0.3 is 0 Å². The molecule has 2 aliphatic rings. The van der Waals surface area contributed by atoms with Crippen molar-refractivity contribution in [2.45, 2.75) is 50.6 Å². The van der Waals surface area contributed by atoms with Gasteiger partial charge in [-0.1, -0.05) is 30.3 Å². The van der Waals surface area contributed by atoms with Crippen molar-refractivity contribution in [3.8, 4) is 0 Å². The molecule has 25 heavy (non-hydrogen) atoms. The molecular weight excluding hydrogens is 314 g/mol. The summed E-state index contributed by atoms with van der Waals surface area (Å²) in [7, 11) is 0. The van der Waals surface area contributed by atoms with Gasteiger partial charge < -0.3 is 15.2 Å². The van der Waals surface area contributed by atoms with Crippen LogP contribution in [0.1, 0.15) is 42.4 Å². The average Bonchev–Trinajstić information content (AvgIpc) is 3.25. The first kappa shape index (κ1) is 16.3. The number of hydrogen-bond acceptors (Lipinski definition) is 4. The number of aryl methyl sites for hydroxylation is 1. The van der Waals surface area contributed by atoms with Crippen LogP contribution in [0.2, 0.25) is 0 Å². The number of rotatable bonds is 4. The first-order valence-electron chi connectivity index (χ1n) is 9.22. The van der Waals surface area contributed by atoms with Crippen LogP contribution in [-0.2, 0) is 24.2 Å². The van der Waals surface area contributed by atoms with Gasteiger partial charge in [-0.05, 0) is 31.2 Å². The van der Waals surface area contributed by atoms with Crippen molar-refractivity contribution in [3.05, 3.63) is 47.5 Å². The minimum Gasteiger partial charge on any atom is -0.341 e. The molecule has 2 unspecified atom stereocenters. The van der Waals surface area contributed by atoms with Crippen molar-refractivity contribution in [2.75, 3.05) is 13.1 Å². The van der Waals surface area contributed by atoms with E-state index in [9.17, 15) is 4.79 Å². The molecule has 0 bridgehead atoms. The second-order valence-electron chi connectivity index (χ2n) is 7.15. The Kier molecular flexibility index (Phi) is 4.53. The van der Waals surface area contributed by atoms with E-state index in [2.05, 4.69) is 14.8 Å². The zero-order valence-electron chi connectivity index (χ0n) is 14.5. The van der Waals surface area contributed by atoms with Crippen LogP contribution in [0.3, 0.4) is 0 Å². The first-order chi connectivity index (χ1) is 12.2. The number of amides is 1. The molecule has 6 heteroatoms. The van der Waals surface area contributed by atoms with Crippen LogP contribution in [0.15, 0.2) is 30.3 Å². The van der Waals surface area contributed by atoms with E-state index < -0.39 is 6.04 Å². The molecule has 0 aliphatic carbocycles. The monoisotopic (exact) mass is 339 g/mol. The van der Waals surface area contributed by atoms with Crippen molar-refractivity contribution in [1.29, 1.82) is 0 Å². The molecule has 2 aromatic rings. The Morgan fingerprint density at radius 1 is 1.20 bits per heavy atom. The number of aromatic nitrogens is 3. The van der Waals surface area contributed by atoms with Crippen LogP contribution >= 0.6 is 0 Å². The fourth-order valence-electron chi connectivity index (χ4n) is 4.05. The number of nitrogens with zero attached hydrogens (tertiary/aromatic N) is 4. The van der Waals surface area contributed by atoms with Crippen molar-refractivity contribution in [3.63, 3.8) is 0 Å². The Labute approximate surface area is 148 Å². The Morgan fingerprint density at radius 3 is 2.88 bits per heavy atom. The fraction of sp³-hybridized carbons (Fsp3) is 0.526. The number of carbonyl (C=O) groups excluding carboxylic acids is 1. The van der Waals surface area contributed by atoms with Gasteiger partial charge in [-0.2, -0.15) is 0 Å². The molecule has 2 atom stereocenters. The number of piperidine rings is 1. The van der Waals surface area contributed by atoms with Crippen LogP contribution in [0, 0.1) is 0 Å². The number of nitrogens with two attached hydrogens (primary N) is 1. The molecule has 1 aromatic heterocycles. The largest absolute Gasteiger partial charge is 0.341 e. The second kappa shape index (κ2) is 6.96. The SMILES string of the molecule is NC(Cc1ccccc1)C(=O)N1CCCC(c2nnc3n2CCC3)C1. The molecule has 2 aliphatic heterocycles. The van der Waals surface area contributed by atoms with E-state index in [1.54, 1.807) is 0 Å². The van der Waals surface area contributed by atoms with Crippen LogP contribution in [-0.4, -0.2) is 44.7 Å². The molecule has 6 nitrogen and oxygen atoms in total. The summed E-state index contributed by atoms with van der Waals surface area (Å²) in [6.45, 7) is 2.51. The Balaban J connectivity index is 1.42. The molecule has 0 spiro atoms. The predicted molar refractivity (Wildman–Crippen MR) is 95.0 cm³/mol. The summed E-state index contributed by atoms with van der Waals surface area (Å²) in [5.41, 5.74) is 7.31. The highest BCUT2D eigenvalue weighted by Crippen LogP contribution is 2.28. The third kappa shape index (κ3) is 3.31. The Hall–Kier alpha value is -2.21. The summed E-state index contributed by atoms with van der Waals surface area (Å²) in [4.78, 5) is 14.7. The maximum atomic E-state index is 12.8. The molecule has 1 fully saturated rings.